The number of nitrogens with one attached hydrogen (secondary N) is 1. The standard InChI is InChI=1S/C8H4Cl3N3O2S/c9-5-2-1-4(3-6(5)10)7-12-8(14-13-7)17(11,15)16/h1-3H,(H,12,13,14). The first-order valence-electron chi connectivity index (χ1n) is 4.20. The minimum absolute atomic E-state index is 0.169. The van der Waals surface area contributed by atoms with Crippen molar-refractivity contribution in [3.8, 4) is 11.4 Å². The molecule has 0 saturated carbocycles. The van der Waals surface area contributed by atoms with Crippen LogP contribution in [-0.4, -0.2) is 23.6 Å². The molecule has 9 heteroatoms. The SMILES string of the molecule is O=S(=O)(Cl)c1nc(-c2ccc(Cl)c(Cl)c2)n[nH]1. The van der Waals surface area contributed by atoms with Crippen LogP contribution in [0.5, 0.6) is 0 Å². The zero-order valence-corrected chi connectivity index (χ0v) is 11.1. The molecule has 0 spiro atoms. The molecule has 0 fully saturated rings. The van der Waals surface area contributed by atoms with Gasteiger partial charge in [0.05, 0.1) is 10.0 Å². The molecule has 0 amide bonds. The average molecular weight is 313 g/mol. The van der Waals surface area contributed by atoms with Crippen LogP contribution in [0.15, 0.2) is 23.4 Å². The van der Waals surface area contributed by atoms with Gasteiger partial charge in [0.15, 0.2) is 5.82 Å². The molecule has 0 bridgehead atoms. The molecule has 2 rings (SSSR count). The number of rotatable bonds is 2. The van der Waals surface area contributed by atoms with Gasteiger partial charge in [-0.2, -0.15) is 10.1 Å². The Labute approximate surface area is 111 Å². The number of hydrogen-bond donors (Lipinski definition) is 1. The third-order valence-electron chi connectivity index (χ3n) is 1.87. The number of nitrogens with zero attached hydrogens (tertiary/aromatic N) is 2. The van der Waals surface area contributed by atoms with Gasteiger partial charge in [-0.25, -0.2) is 13.5 Å². The predicted octanol–water partition coefficient (Wildman–Crippen LogP) is 2.71. The van der Waals surface area contributed by atoms with Gasteiger partial charge < -0.3 is 0 Å². The molecule has 1 N–H and O–H groups in total. The van der Waals surface area contributed by atoms with E-state index in [0.29, 0.717) is 15.6 Å². The molecule has 0 saturated heterocycles. The van der Waals surface area contributed by atoms with Crippen molar-refractivity contribution in [2.75, 3.05) is 0 Å². The van der Waals surface area contributed by atoms with E-state index in [4.69, 9.17) is 33.9 Å². The van der Waals surface area contributed by atoms with Gasteiger partial charge in [0.2, 0.25) is 0 Å². The van der Waals surface area contributed by atoms with E-state index in [-0.39, 0.29) is 5.82 Å². The minimum atomic E-state index is -3.92. The normalized spacial score (nSPS) is 11.7. The average Bonchev–Trinajstić information content (AvgIpc) is 2.70. The highest BCUT2D eigenvalue weighted by atomic mass is 35.7. The van der Waals surface area contributed by atoms with Crippen molar-refractivity contribution in [1.82, 2.24) is 15.2 Å². The summed E-state index contributed by atoms with van der Waals surface area (Å²) in [5.41, 5.74) is 0.530. The lowest BCUT2D eigenvalue weighted by Crippen LogP contribution is -1.92. The Morgan fingerprint density at radius 2 is 1.88 bits per heavy atom. The molecule has 90 valence electrons. The molecular formula is C8H4Cl3N3O2S. The number of aromatic amines is 1. The van der Waals surface area contributed by atoms with Gasteiger partial charge in [0.1, 0.15) is 0 Å². The summed E-state index contributed by atoms with van der Waals surface area (Å²) in [6.07, 6.45) is 0. The Balaban J connectivity index is 2.47. The summed E-state index contributed by atoms with van der Waals surface area (Å²) >= 11 is 11.6. The molecule has 1 aromatic carbocycles. The Bertz CT molecular complexity index is 668. The molecule has 0 aliphatic heterocycles. The summed E-state index contributed by atoms with van der Waals surface area (Å²) in [6.45, 7) is 0. The zero-order chi connectivity index (χ0) is 12.6. The smallest absolute Gasteiger partial charge is 0.248 e. The van der Waals surface area contributed by atoms with Crippen molar-refractivity contribution in [2.24, 2.45) is 0 Å². The number of benzene rings is 1. The monoisotopic (exact) mass is 311 g/mol. The summed E-state index contributed by atoms with van der Waals surface area (Å²) in [5.74, 6) is 0.169. The van der Waals surface area contributed by atoms with Gasteiger partial charge in [-0.15, -0.1) is 0 Å². The highest BCUT2D eigenvalue weighted by Crippen LogP contribution is 2.27. The maximum absolute atomic E-state index is 11.0. The fraction of sp³-hybridized carbons (Fsp3) is 0. The van der Waals surface area contributed by atoms with Crippen LogP contribution >= 0.6 is 33.9 Å². The minimum Gasteiger partial charge on any atom is -0.248 e. The van der Waals surface area contributed by atoms with E-state index in [0.717, 1.165) is 0 Å². The Kier molecular flexibility index (Phi) is 3.31. The molecule has 0 atom stereocenters. The van der Waals surface area contributed by atoms with E-state index in [1.807, 2.05) is 0 Å². The van der Waals surface area contributed by atoms with Crippen molar-refractivity contribution in [2.45, 2.75) is 5.16 Å². The van der Waals surface area contributed by atoms with E-state index >= 15 is 0 Å². The first-order chi connectivity index (χ1) is 7.88. The largest absolute Gasteiger partial charge is 0.296 e. The van der Waals surface area contributed by atoms with E-state index in [1.165, 1.54) is 6.07 Å². The number of hydrogen-bond acceptors (Lipinski definition) is 4. The van der Waals surface area contributed by atoms with Crippen LogP contribution < -0.4 is 0 Å². The highest BCUT2D eigenvalue weighted by molar-refractivity contribution is 8.13. The van der Waals surface area contributed by atoms with Gasteiger partial charge in [-0.05, 0) is 18.2 Å². The molecule has 2 aromatic rings. The summed E-state index contributed by atoms with van der Waals surface area (Å²) in [7, 11) is 1.18. The quantitative estimate of drug-likeness (QED) is 0.865. The van der Waals surface area contributed by atoms with Crippen LogP contribution in [0.1, 0.15) is 0 Å². The Morgan fingerprint density at radius 1 is 1.18 bits per heavy atom. The predicted molar refractivity (Wildman–Crippen MR) is 64.9 cm³/mol. The molecule has 0 radical (unpaired) electrons. The fourth-order valence-corrected chi connectivity index (χ4v) is 1.98. The van der Waals surface area contributed by atoms with Crippen molar-refractivity contribution in [3.63, 3.8) is 0 Å². The first-order valence-corrected chi connectivity index (χ1v) is 7.27. The van der Waals surface area contributed by atoms with Crippen molar-refractivity contribution < 1.29 is 8.42 Å². The summed E-state index contributed by atoms with van der Waals surface area (Å²) in [5, 5.41) is 6.24. The molecule has 0 unspecified atom stereocenters. The van der Waals surface area contributed by atoms with Crippen LogP contribution in [0.3, 0.4) is 0 Å². The molecule has 0 aliphatic rings. The van der Waals surface area contributed by atoms with Crippen molar-refractivity contribution >= 4 is 42.9 Å². The second-order valence-corrected chi connectivity index (χ2v) is 6.33. The number of halogens is 3. The van der Waals surface area contributed by atoms with Crippen molar-refractivity contribution in [1.29, 1.82) is 0 Å². The third-order valence-corrected chi connectivity index (χ3v) is 3.70. The summed E-state index contributed by atoms with van der Waals surface area (Å²) in [6, 6.07) is 4.70. The zero-order valence-electron chi connectivity index (χ0n) is 7.99. The maximum atomic E-state index is 11.0. The summed E-state index contributed by atoms with van der Waals surface area (Å²) in [4.78, 5) is 3.73. The Morgan fingerprint density at radius 3 is 2.41 bits per heavy atom. The number of H-pyrrole nitrogens is 1. The van der Waals surface area contributed by atoms with Crippen molar-refractivity contribution in [3.05, 3.63) is 28.2 Å². The molecule has 1 aromatic heterocycles. The fourth-order valence-electron chi connectivity index (χ4n) is 1.12. The second-order valence-electron chi connectivity index (χ2n) is 3.03. The molecule has 0 aliphatic carbocycles. The molecule has 5 nitrogen and oxygen atoms in total. The topological polar surface area (TPSA) is 75.7 Å². The van der Waals surface area contributed by atoms with E-state index in [1.54, 1.807) is 12.1 Å². The first kappa shape index (κ1) is 12.6. The van der Waals surface area contributed by atoms with Crippen LogP contribution in [-0.2, 0) is 9.05 Å². The lowest BCUT2D eigenvalue weighted by Gasteiger charge is -1.97. The van der Waals surface area contributed by atoms with Gasteiger partial charge in [0.25, 0.3) is 14.2 Å². The van der Waals surface area contributed by atoms with Crippen LogP contribution in [0.4, 0.5) is 0 Å². The highest BCUT2D eigenvalue weighted by Gasteiger charge is 2.17. The van der Waals surface area contributed by atoms with Crippen LogP contribution in [0.2, 0.25) is 10.0 Å². The number of aromatic nitrogens is 3. The van der Waals surface area contributed by atoms with Gasteiger partial charge in [-0.1, -0.05) is 23.2 Å². The van der Waals surface area contributed by atoms with Crippen LogP contribution in [0, 0.1) is 0 Å². The van der Waals surface area contributed by atoms with Gasteiger partial charge in [-0.3, -0.25) is 0 Å². The summed E-state index contributed by atoms with van der Waals surface area (Å²) < 4.78 is 22.0. The molecule has 1 heterocycles. The Hall–Kier alpha value is -0.820. The molecular weight excluding hydrogens is 309 g/mol. The lowest BCUT2D eigenvalue weighted by molar-refractivity contribution is 0.602. The lowest BCUT2D eigenvalue weighted by atomic mass is 10.2. The third kappa shape index (κ3) is 2.71. The van der Waals surface area contributed by atoms with Gasteiger partial charge in [0, 0.05) is 16.2 Å². The van der Waals surface area contributed by atoms with E-state index in [2.05, 4.69) is 15.2 Å². The second kappa shape index (κ2) is 4.45. The van der Waals surface area contributed by atoms with E-state index < -0.39 is 14.2 Å². The van der Waals surface area contributed by atoms with Gasteiger partial charge >= 0.3 is 0 Å². The molecule has 17 heavy (non-hydrogen) atoms. The maximum Gasteiger partial charge on any atom is 0.296 e. The van der Waals surface area contributed by atoms with E-state index in [9.17, 15) is 8.42 Å². The van der Waals surface area contributed by atoms with Crippen LogP contribution in [0.25, 0.3) is 11.4 Å².